The van der Waals surface area contributed by atoms with E-state index in [0.29, 0.717) is 0 Å². The van der Waals surface area contributed by atoms with Crippen molar-refractivity contribution in [3.8, 4) is 5.75 Å². The Balaban J connectivity index is 1.94. The van der Waals surface area contributed by atoms with Gasteiger partial charge in [-0.1, -0.05) is 19.1 Å². The molecule has 1 aromatic carbocycles. The third-order valence-electron chi connectivity index (χ3n) is 2.32. The molecule has 0 atom stereocenters. The summed E-state index contributed by atoms with van der Waals surface area (Å²) < 4.78 is 5.57. The molecule has 5 heteroatoms. The highest BCUT2D eigenvalue weighted by Crippen LogP contribution is 2.15. The van der Waals surface area contributed by atoms with E-state index in [1.54, 1.807) is 6.21 Å². The van der Waals surface area contributed by atoms with Crippen LogP contribution in [0, 0.1) is 6.92 Å². The Morgan fingerprint density at radius 3 is 3.11 bits per heavy atom. The number of aromatic nitrogens is 1. The van der Waals surface area contributed by atoms with Crippen LogP contribution in [0.1, 0.15) is 24.6 Å². The fourth-order valence-electron chi connectivity index (χ4n) is 1.47. The van der Waals surface area contributed by atoms with Crippen LogP contribution in [0.4, 0.5) is 5.13 Å². The van der Waals surface area contributed by atoms with Crippen LogP contribution in [-0.2, 0) is 0 Å². The van der Waals surface area contributed by atoms with Crippen LogP contribution in [0.25, 0.3) is 0 Å². The first-order valence-electron chi connectivity index (χ1n) is 6.22. The van der Waals surface area contributed by atoms with Crippen molar-refractivity contribution in [3.63, 3.8) is 0 Å². The van der Waals surface area contributed by atoms with Crippen LogP contribution in [-0.4, -0.2) is 17.8 Å². The van der Waals surface area contributed by atoms with Crippen molar-refractivity contribution in [2.45, 2.75) is 20.3 Å². The lowest BCUT2D eigenvalue weighted by atomic mass is 10.2. The van der Waals surface area contributed by atoms with Gasteiger partial charge in [0, 0.05) is 5.38 Å². The summed E-state index contributed by atoms with van der Waals surface area (Å²) in [5.41, 5.74) is 4.91. The number of hydrazone groups is 1. The van der Waals surface area contributed by atoms with E-state index in [9.17, 15) is 0 Å². The summed E-state index contributed by atoms with van der Waals surface area (Å²) in [6.07, 6.45) is 2.76. The summed E-state index contributed by atoms with van der Waals surface area (Å²) in [6, 6.07) is 7.86. The molecule has 0 spiro atoms. The molecule has 4 nitrogen and oxygen atoms in total. The standard InChI is InChI=1S/C14H17N3OS/c1-3-7-18-13-6-4-5-12(8-13)9-15-17-14-16-11(2)10-19-14/h4-6,8-10H,3,7H2,1-2H3,(H,16,17)/b15-9-. The number of anilines is 1. The van der Waals surface area contributed by atoms with Crippen molar-refractivity contribution in [1.82, 2.24) is 4.98 Å². The van der Waals surface area contributed by atoms with Crippen molar-refractivity contribution in [1.29, 1.82) is 0 Å². The molecule has 0 aliphatic rings. The smallest absolute Gasteiger partial charge is 0.203 e. The monoisotopic (exact) mass is 275 g/mol. The SMILES string of the molecule is CCCOc1cccc(/C=N\Nc2nc(C)cs2)c1. The third kappa shape index (κ3) is 4.37. The van der Waals surface area contributed by atoms with Crippen LogP contribution in [0.2, 0.25) is 0 Å². The molecule has 0 saturated carbocycles. The van der Waals surface area contributed by atoms with Crippen molar-refractivity contribution in [3.05, 3.63) is 40.9 Å². The number of thiazole rings is 1. The highest BCUT2D eigenvalue weighted by molar-refractivity contribution is 7.13. The summed E-state index contributed by atoms with van der Waals surface area (Å²) in [6.45, 7) is 4.78. The first-order chi connectivity index (χ1) is 9.28. The van der Waals surface area contributed by atoms with Gasteiger partial charge in [-0.2, -0.15) is 5.10 Å². The number of rotatable bonds is 6. The van der Waals surface area contributed by atoms with Gasteiger partial charge in [0.25, 0.3) is 0 Å². The highest BCUT2D eigenvalue weighted by Gasteiger charge is 1.96. The molecule has 0 aliphatic heterocycles. The molecule has 19 heavy (non-hydrogen) atoms. The predicted molar refractivity (Wildman–Crippen MR) is 80.3 cm³/mol. The minimum atomic E-state index is 0.733. The summed E-state index contributed by atoms with van der Waals surface area (Å²) in [5.74, 6) is 0.871. The molecular weight excluding hydrogens is 258 g/mol. The Hall–Kier alpha value is -1.88. The van der Waals surface area contributed by atoms with E-state index >= 15 is 0 Å². The fraction of sp³-hybridized carbons (Fsp3) is 0.286. The quantitative estimate of drug-likeness (QED) is 0.646. The van der Waals surface area contributed by atoms with Crippen LogP contribution < -0.4 is 10.2 Å². The van der Waals surface area contributed by atoms with Gasteiger partial charge in [0.05, 0.1) is 18.5 Å². The van der Waals surface area contributed by atoms with E-state index in [4.69, 9.17) is 4.74 Å². The number of nitrogens with one attached hydrogen (secondary N) is 1. The van der Waals surface area contributed by atoms with E-state index in [1.807, 2.05) is 36.6 Å². The molecule has 100 valence electrons. The molecule has 2 rings (SSSR count). The maximum Gasteiger partial charge on any atom is 0.203 e. The lowest BCUT2D eigenvalue weighted by molar-refractivity contribution is 0.317. The summed E-state index contributed by atoms with van der Waals surface area (Å²) in [5, 5.41) is 6.95. The first kappa shape index (κ1) is 13.5. The minimum absolute atomic E-state index is 0.733. The lowest BCUT2D eigenvalue weighted by Crippen LogP contribution is -1.96. The fourth-order valence-corrected chi connectivity index (χ4v) is 2.11. The topological polar surface area (TPSA) is 46.5 Å². The van der Waals surface area contributed by atoms with E-state index in [0.717, 1.165) is 35.2 Å². The Morgan fingerprint density at radius 2 is 2.37 bits per heavy atom. The second-order valence-corrected chi connectivity index (χ2v) is 4.94. The summed E-state index contributed by atoms with van der Waals surface area (Å²) in [7, 11) is 0. The van der Waals surface area contributed by atoms with Crippen LogP contribution in [0.5, 0.6) is 5.75 Å². The van der Waals surface area contributed by atoms with Gasteiger partial charge in [-0.25, -0.2) is 4.98 Å². The molecule has 1 aromatic heterocycles. The van der Waals surface area contributed by atoms with E-state index in [1.165, 1.54) is 11.3 Å². The summed E-state index contributed by atoms with van der Waals surface area (Å²) >= 11 is 1.54. The Bertz CT molecular complexity index is 551. The van der Waals surface area contributed by atoms with Crippen LogP contribution >= 0.6 is 11.3 Å². The molecule has 1 N–H and O–H groups in total. The molecule has 0 radical (unpaired) electrons. The first-order valence-corrected chi connectivity index (χ1v) is 7.10. The zero-order chi connectivity index (χ0) is 13.5. The van der Waals surface area contributed by atoms with E-state index < -0.39 is 0 Å². The number of benzene rings is 1. The zero-order valence-electron chi connectivity index (χ0n) is 11.1. The van der Waals surface area contributed by atoms with Gasteiger partial charge in [0.1, 0.15) is 5.75 Å². The molecular formula is C14H17N3OS. The van der Waals surface area contributed by atoms with Crippen LogP contribution in [0.15, 0.2) is 34.7 Å². The largest absolute Gasteiger partial charge is 0.494 e. The van der Waals surface area contributed by atoms with Gasteiger partial charge in [-0.05, 0) is 31.0 Å². The maximum atomic E-state index is 5.57. The molecule has 0 saturated heterocycles. The molecule has 0 amide bonds. The second kappa shape index (κ2) is 6.89. The van der Waals surface area contributed by atoms with Gasteiger partial charge in [0.2, 0.25) is 5.13 Å². The molecule has 0 aliphatic carbocycles. The van der Waals surface area contributed by atoms with Crippen molar-refractivity contribution in [2.75, 3.05) is 12.0 Å². The second-order valence-electron chi connectivity index (χ2n) is 4.08. The zero-order valence-corrected chi connectivity index (χ0v) is 11.9. The van der Waals surface area contributed by atoms with Gasteiger partial charge < -0.3 is 4.74 Å². The average molecular weight is 275 g/mol. The van der Waals surface area contributed by atoms with Crippen molar-refractivity contribution in [2.24, 2.45) is 5.10 Å². The third-order valence-corrected chi connectivity index (χ3v) is 3.19. The lowest BCUT2D eigenvalue weighted by Gasteiger charge is -2.04. The Kier molecular flexibility index (Phi) is 4.92. The van der Waals surface area contributed by atoms with Crippen LogP contribution in [0.3, 0.4) is 0 Å². The predicted octanol–water partition coefficient (Wildman–Crippen LogP) is 3.69. The van der Waals surface area contributed by atoms with Gasteiger partial charge in [-0.15, -0.1) is 11.3 Å². The molecule has 1 heterocycles. The normalized spacial score (nSPS) is 10.8. The molecule has 0 bridgehead atoms. The number of ether oxygens (including phenoxy) is 1. The number of nitrogens with zero attached hydrogens (tertiary/aromatic N) is 2. The minimum Gasteiger partial charge on any atom is -0.494 e. The van der Waals surface area contributed by atoms with E-state index in [-0.39, 0.29) is 0 Å². The van der Waals surface area contributed by atoms with E-state index in [2.05, 4.69) is 22.4 Å². The maximum absolute atomic E-state index is 5.57. The Labute approximate surface area is 117 Å². The Morgan fingerprint density at radius 1 is 1.47 bits per heavy atom. The molecule has 0 fully saturated rings. The number of hydrogen-bond donors (Lipinski definition) is 1. The number of hydrogen-bond acceptors (Lipinski definition) is 5. The summed E-state index contributed by atoms with van der Waals surface area (Å²) in [4.78, 5) is 4.27. The highest BCUT2D eigenvalue weighted by atomic mass is 32.1. The van der Waals surface area contributed by atoms with Gasteiger partial charge >= 0.3 is 0 Å². The molecule has 0 unspecified atom stereocenters. The molecule has 2 aromatic rings. The van der Waals surface area contributed by atoms with Crippen molar-refractivity contribution >= 4 is 22.7 Å². The van der Waals surface area contributed by atoms with Gasteiger partial charge in [-0.3, -0.25) is 5.43 Å². The van der Waals surface area contributed by atoms with Crippen molar-refractivity contribution < 1.29 is 4.74 Å². The number of aryl methyl sites for hydroxylation is 1. The van der Waals surface area contributed by atoms with Gasteiger partial charge in [0.15, 0.2) is 0 Å². The average Bonchev–Trinajstić information content (AvgIpc) is 2.83.